The average Bonchev–Trinajstić information content (AvgIpc) is 2.00. The second-order valence-electron chi connectivity index (χ2n) is 3.17. The van der Waals surface area contributed by atoms with Crippen molar-refractivity contribution in [2.45, 2.75) is 25.8 Å². The van der Waals surface area contributed by atoms with E-state index in [0.717, 1.165) is 0 Å². The summed E-state index contributed by atoms with van der Waals surface area (Å²) in [4.78, 5) is 1.98. The Hall–Kier alpha value is -0.550. The Bertz CT molecular complexity index is 146. The molecule has 0 aliphatic carbocycles. The van der Waals surface area contributed by atoms with Gasteiger partial charge in [0.25, 0.3) is 0 Å². The van der Waals surface area contributed by atoms with Crippen molar-refractivity contribution in [1.29, 1.82) is 0 Å². The molecule has 0 saturated carbocycles. The van der Waals surface area contributed by atoms with Gasteiger partial charge in [-0.3, -0.25) is 9.29 Å². The Balaban J connectivity index is 3.83. The molecule has 0 fully saturated rings. The molecule has 0 N–H and O–H groups in total. The lowest BCUT2D eigenvalue weighted by Gasteiger charge is -2.30. The van der Waals surface area contributed by atoms with Gasteiger partial charge in [-0.15, -0.1) is 6.42 Å². The van der Waals surface area contributed by atoms with Gasteiger partial charge in [-0.05, 0) is 27.3 Å². The van der Waals surface area contributed by atoms with E-state index in [1.54, 1.807) is 0 Å². The zero-order valence-corrected chi connectivity index (χ0v) is 7.52. The van der Waals surface area contributed by atoms with Crippen LogP contribution < -0.4 is 0 Å². The van der Waals surface area contributed by atoms with Crippen molar-refractivity contribution in [1.82, 2.24) is 4.90 Å². The molecule has 0 aromatic carbocycles. The number of halogens is 1. The van der Waals surface area contributed by atoms with Gasteiger partial charge in [0.05, 0.1) is 12.2 Å². The summed E-state index contributed by atoms with van der Waals surface area (Å²) in [5.74, 6) is 2.65. The molecule has 11 heavy (non-hydrogen) atoms. The fourth-order valence-corrected chi connectivity index (χ4v) is 0.687. The van der Waals surface area contributed by atoms with Crippen molar-refractivity contribution < 1.29 is 4.39 Å². The molecule has 64 valence electrons. The molecule has 2 heteroatoms. The Morgan fingerprint density at radius 3 is 2.45 bits per heavy atom. The van der Waals surface area contributed by atoms with Crippen molar-refractivity contribution in [3.8, 4) is 12.3 Å². The number of hydrogen-bond donors (Lipinski definition) is 0. The van der Waals surface area contributed by atoms with Crippen LogP contribution in [0.4, 0.5) is 4.39 Å². The number of nitrogens with zero attached hydrogens (tertiary/aromatic N) is 1. The zero-order chi connectivity index (χ0) is 8.91. The maximum atomic E-state index is 11.8. The van der Waals surface area contributed by atoms with Gasteiger partial charge in [0.2, 0.25) is 0 Å². The molecule has 0 radical (unpaired) electrons. The zero-order valence-electron chi connectivity index (χ0n) is 7.52. The smallest absolute Gasteiger partial charge is 0.0906 e. The van der Waals surface area contributed by atoms with Gasteiger partial charge in [0.1, 0.15) is 0 Å². The minimum absolute atomic E-state index is 0.255. The van der Waals surface area contributed by atoms with Gasteiger partial charge < -0.3 is 0 Å². The molecule has 0 heterocycles. The average molecular weight is 157 g/mol. The maximum Gasteiger partial charge on any atom is 0.0906 e. The van der Waals surface area contributed by atoms with E-state index in [4.69, 9.17) is 6.42 Å². The number of hydrogen-bond acceptors (Lipinski definition) is 1. The van der Waals surface area contributed by atoms with E-state index in [-0.39, 0.29) is 12.2 Å². The lowest BCUT2D eigenvalue weighted by atomic mass is 10.1. The summed E-state index contributed by atoms with van der Waals surface area (Å²) in [5.41, 5.74) is -0.255. The van der Waals surface area contributed by atoms with Crippen molar-refractivity contribution in [3.05, 3.63) is 0 Å². The molecular formula is C9H16FN. The SMILES string of the molecule is C#CC(C)(C)N(C)CCCF. The standard InChI is InChI=1S/C9H16FN/c1-5-9(2,3)11(4)8-6-7-10/h1H,6-8H2,2-4H3. The Morgan fingerprint density at radius 1 is 1.55 bits per heavy atom. The summed E-state index contributed by atoms with van der Waals surface area (Å²) in [5, 5.41) is 0. The van der Waals surface area contributed by atoms with Crippen LogP contribution in [0.1, 0.15) is 20.3 Å². The van der Waals surface area contributed by atoms with Crippen LogP contribution in [-0.2, 0) is 0 Å². The molecule has 0 bridgehead atoms. The highest BCUT2D eigenvalue weighted by molar-refractivity contribution is 5.07. The van der Waals surface area contributed by atoms with Crippen LogP contribution in [0.15, 0.2) is 0 Å². The number of rotatable bonds is 4. The molecule has 0 aromatic rings. The lowest BCUT2D eigenvalue weighted by Crippen LogP contribution is -2.40. The van der Waals surface area contributed by atoms with Crippen LogP contribution in [0.2, 0.25) is 0 Å². The molecule has 0 aliphatic rings. The first-order chi connectivity index (χ1) is 5.04. The van der Waals surface area contributed by atoms with Crippen molar-refractivity contribution in [2.24, 2.45) is 0 Å². The third-order valence-corrected chi connectivity index (χ3v) is 1.93. The normalized spacial score (nSPS) is 11.6. The predicted octanol–water partition coefficient (Wildman–Crippen LogP) is 1.69. The van der Waals surface area contributed by atoms with E-state index >= 15 is 0 Å². The second kappa shape index (κ2) is 4.35. The van der Waals surface area contributed by atoms with Crippen LogP contribution in [0, 0.1) is 12.3 Å². The van der Waals surface area contributed by atoms with Gasteiger partial charge in [0, 0.05) is 6.54 Å². The quantitative estimate of drug-likeness (QED) is 0.561. The molecule has 0 rings (SSSR count). The predicted molar refractivity (Wildman–Crippen MR) is 46.1 cm³/mol. The Kier molecular flexibility index (Phi) is 4.14. The van der Waals surface area contributed by atoms with E-state index < -0.39 is 0 Å². The third-order valence-electron chi connectivity index (χ3n) is 1.93. The van der Waals surface area contributed by atoms with Gasteiger partial charge in [-0.1, -0.05) is 5.92 Å². The maximum absolute atomic E-state index is 11.8. The number of alkyl halides is 1. The summed E-state index contributed by atoms with van der Waals surface area (Å²) in [6, 6.07) is 0. The lowest BCUT2D eigenvalue weighted by molar-refractivity contribution is 0.205. The molecule has 0 saturated heterocycles. The van der Waals surface area contributed by atoms with E-state index in [1.165, 1.54) is 0 Å². The highest BCUT2D eigenvalue weighted by Gasteiger charge is 2.18. The van der Waals surface area contributed by atoms with Crippen LogP contribution in [0.3, 0.4) is 0 Å². The molecule has 0 amide bonds. The van der Waals surface area contributed by atoms with Crippen LogP contribution in [0.25, 0.3) is 0 Å². The first kappa shape index (κ1) is 10.4. The molecule has 1 nitrogen and oxygen atoms in total. The van der Waals surface area contributed by atoms with Gasteiger partial charge in [-0.25, -0.2) is 0 Å². The fourth-order valence-electron chi connectivity index (χ4n) is 0.687. The molecule has 0 unspecified atom stereocenters. The van der Waals surface area contributed by atoms with Gasteiger partial charge >= 0.3 is 0 Å². The minimum atomic E-state index is -0.273. The molecule has 0 spiro atoms. The van der Waals surface area contributed by atoms with E-state index in [2.05, 4.69) is 5.92 Å². The molecule has 0 aromatic heterocycles. The highest BCUT2D eigenvalue weighted by Crippen LogP contribution is 2.10. The first-order valence-electron chi connectivity index (χ1n) is 3.79. The Morgan fingerprint density at radius 2 is 2.09 bits per heavy atom. The summed E-state index contributed by atoms with van der Waals surface area (Å²) in [6.07, 6.45) is 5.85. The third kappa shape index (κ3) is 3.38. The van der Waals surface area contributed by atoms with Crippen molar-refractivity contribution in [3.63, 3.8) is 0 Å². The summed E-state index contributed by atoms with van der Waals surface area (Å²) < 4.78 is 11.8. The summed E-state index contributed by atoms with van der Waals surface area (Å²) in [7, 11) is 1.91. The van der Waals surface area contributed by atoms with Crippen LogP contribution in [-0.4, -0.2) is 30.7 Å². The monoisotopic (exact) mass is 157 g/mol. The van der Waals surface area contributed by atoms with Crippen LogP contribution in [0.5, 0.6) is 0 Å². The van der Waals surface area contributed by atoms with Gasteiger partial charge in [0.15, 0.2) is 0 Å². The first-order valence-corrected chi connectivity index (χ1v) is 3.79. The second-order valence-corrected chi connectivity index (χ2v) is 3.17. The van der Waals surface area contributed by atoms with E-state index in [1.807, 2.05) is 25.8 Å². The summed E-state index contributed by atoms with van der Waals surface area (Å²) in [6.45, 7) is 4.34. The van der Waals surface area contributed by atoms with Crippen molar-refractivity contribution >= 4 is 0 Å². The van der Waals surface area contributed by atoms with Gasteiger partial charge in [-0.2, -0.15) is 0 Å². The molecule has 0 aliphatic heterocycles. The van der Waals surface area contributed by atoms with E-state index in [9.17, 15) is 4.39 Å². The van der Waals surface area contributed by atoms with Crippen molar-refractivity contribution in [2.75, 3.05) is 20.3 Å². The largest absolute Gasteiger partial charge is 0.291 e. The van der Waals surface area contributed by atoms with Crippen LogP contribution >= 0.6 is 0 Å². The Labute approximate surface area is 68.6 Å². The fraction of sp³-hybridized carbons (Fsp3) is 0.778. The summed E-state index contributed by atoms with van der Waals surface area (Å²) >= 11 is 0. The number of terminal acetylenes is 1. The molecular weight excluding hydrogens is 141 g/mol. The topological polar surface area (TPSA) is 3.24 Å². The minimum Gasteiger partial charge on any atom is -0.291 e. The van der Waals surface area contributed by atoms with E-state index in [0.29, 0.717) is 13.0 Å². The molecule has 0 atom stereocenters. The highest BCUT2D eigenvalue weighted by atomic mass is 19.1.